The number of nitrogens with one attached hydrogen (secondary N) is 1. The summed E-state index contributed by atoms with van der Waals surface area (Å²) < 4.78 is 5.60. The molecule has 2 heterocycles. The van der Waals surface area contributed by atoms with Crippen molar-refractivity contribution < 1.29 is 14.0 Å². The minimum Gasteiger partial charge on any atom is -0.441 e. The van der Waals surface area contributed by atoms with E-state index in [2.05, 4.69) is 10.3 Å². The Bertz CT molecular complexity index is 778. The van der Waals surface area contributed by atoms with Crippen LogP contribution in [0.2, 0.25) is 0 Å². The van der Waals surface area contributed by atoms with E-state index in [1.807, 2.05) is 32.0 Å². The number of hydrogen-bond donors (Lipinski definition) is 1. The van der Waals surface area contributed by atoms with Gasteiger partial charge >= 0.3 is 0 Å². The molecule has 7 nitrogen and oxygen atoms in total. The van der Waals surface area contributed by atoms with Crippen LogP contribution in [-0.2, 0) is 16.0 Å². The monoisotopic (exact) mass is 344 g/mol. The number of nitrogens with zero attached hydrogens (tertiary/aromatic N) is 3. The lowest BCUT2D eigenvalue weighted by molar-refractivity contribution is -0.138. The van der Waals surface area contributed by atoms with Crippen LogP contribution in [0.15, 0.2) is 22.6 Å². The highest BCUT2D eigenvalue weighted by molar-refractivity contribution is 5.86. The second-order valence-electron chi connectivity index (χ2n) is 6.34. The van der Waals surface area contributed by atoms with E-state index in [0.29, 0.717) is 32.1 Å². The van der Waals surface area contributed by atoms with E-state index < -0.39 is 0 Å². The van der Waals surface area contributed by atoms with Gasteiger partial charge in [0.25, 0.3) is 0 Å². The lowest BCUT2D eigenvalue weighted by atomic mass is 10.2. The Hall–Kier alpha value is -2.57. The molecule has 1 atom stereocenters. The summed E-state index contributed by atoms with van der Waals surface area (Å²) in [7, 11) is 0. The molecule has 3 rings (SSSR count). The van der Waals surface area contributed by atoms with Gasteiger partial charge in [0.2, 0.25) is 11.8 Å². The second-order valence-corrected chi connectivity index (χ2v) is 6.34. The molecule has 0 saturated carbocycles. The number of anilines is 1. The van der Waals surface area contributed by atoms with Crippen LogP contribution in [-0.4, -0.2) is 58.8 Å². The molecule has 25 heavy (non-hydrogen) atoms. The third-order valence-corrected chi connectivity index (χ3v) is 4.52. The fourth-order valence-corrected chi connectivity index (χ4v) is 3.04. The Morgan fingerprint density at radius 2 is 1.92 bits per heavy atom. The Kier molecular flexibility index (Phi) is 4.92. The molecule has 1 N–H and O–H groups in total. The highest BCUT2D eigenvalue weighted by Crippen LogP contribution is 2.21. The lowest BCUT2D eigenvalue weighted by Crippen LogP contribution is -2.53. The zero-order chi connectivity index (χ0) is 18.0. The minimum atomic E-state index is -0.348. The number of aryl methyl sites for hydroxylation is 1. The first-order valence-corrected chi connectivity index (χ1v) is 8.68. The van der Waals surface area contributed by atoms with Crippen LogP contribution in [0.5, 0.6) is 0 Å². The molecule has 1 aliphatic heterocycles. The summed E-state index contributed by atoms with van der Waals surface area (Å²) in [4.78, 5) is 32.0. The number of piperazine rings is 1. The molecule has 0 radical (unpaired) electrons. The maximum Gasteiger partial charge on any atom is 0.244 e. The molecule has 1 fully saturated rings. The third kappa shape index (κ3) is 3.75. The zero-order valence-electron chi connectivity index (χ0n) is 14.9. The van der Waals surface area contributed by atoms with Crippen molar-refractivity contribution in [1.29, 1.82) is 0 Å². The van der Waals surface area contributed by atoms with E-state index in [1.165, 1.54) is 0 Å². The van der Waals surface area contributed by atoms with Crippen LogP contribution in [0.3, 0.4) is 0 Å². The molecule has 7 heteroatoms. The number of rotatable bonds is 4. The largest absolute Gasteiger partial charge is 0.441 e. The molecule has 2 amide bonds. The first kappa shape index (κ1) is 17.3. The van der Waals surface area contributed by atoms with E-state index in [1.54, 1.807) is 16.7 Å². The molecule has 1 aromatic heterocycles. The average molecular weight is 344 g/mol. The van der Waals surface area contributed by atoms with Crippen molar-refractivity contribution in [2.45, 2.75) is 33.2 Å². The Balaban J connectivity index is 1.62. The Morgan fingerprint density at radius 1 is 1.24 bits per heavy atom. The minimum absolute atomic E-state index is 0.0395. The first-order valence-electron chi connectivity index (χ1n) is 8.68. The number of hydrogen-bond acceptors (Lipinski definition) is 5. The van der Waals surface area contributed by atoms with Gasteiger partial charge in [0.1, 0.15) is 11.6 Å². The van der Waals surface area contributed by atoms with Crippen molar-refractivity contribution in [3.05, 3.63) is 24.1 Å². The van der Waals surface area contributed by atoms with E-state index in [-0.39, 0.29) is 17.9 Å². The van der Waals surface area contributed by atoms with E-state index in [4.69, 9.17) is 4.42 Å². The zero-order valence-corrected chi connectivity index (χ0v) is 14.9. The predicted octanol–water partition coefficient (Wildman–Crippen LogP) is 1.88. The second kappa shape index (κ2) is 7.13. The highest BCUT2D eigenvalue weighted by Gasteiger charge is 2.25. The van der Waals surface area contributed by atoms with E-state index >= 15 is 0 Å². The number of fused-ring (bicyclic) bond motifs is 1. The molecule has 0 spiro atoms. The van der Waals surface area contributed by atoms with Crippen LogP contribution in [0, 0.1) is 0 Å². The van der Waals surface area contributed by atoms with Gasteiger partial charge in [0, 0.05) is 45.2 Å². The van der Waals surface area contributed by atoms with Crippen molar-refractivity contribution in [1.82, 2.24) is 14.8 Å². The molecule has 0 bridgehead atoms. The summed E-state index contributed by atoms with van der Waals surface area (Å²) in [5.41, 5.74) is 2.38. The normalized spacial score (nSPS) is 16.1. The predicted molar refractivity (Wildman–Crippen MR) is 95.3 cm³/mol. The molecule has 1 aromatic carbocycles. The summed E-state index contributed by atoms with van der Waals surface area (Å²) in [5.74, 6) is 0.808. The number of oxazole rings is 1. The van der Waals surface area contributed by atoms with Crippen molar-refractivity contribution in [3.8, 4) is 0 Å². The van der Waals surface area contributed by atoms with Gasteiger partial charge in [-0.1, -0.05) is 6.92 Å². The number of benzene rings is 1. The summed E-state index contributed by atoms with van der Waals surface area (Å²) in [6, 6.07) is 5.31. The lowest BCUT2D eigenvalue weighted by Gasteiger charge is -2.35. The third-order valence-electron chi connectivity index (χ3n) is 4.52. The molecular weight excluding hydrogens is 320 g/mol. The number of carbonyl (C=O) groups is 2. The van der Waals surface area contributed by atoms with Gasteiger partial charge in [-0.15, -0.1) is 0 Å². The maximum absolute atomic E-state index is 12.6. The van der Waals surface area contributed by atoms with E-state index in [9.17, 15) is 9.59 Å². The van der Waals surface area contributed by atoms with Crippen LogP contribution in [0.1, 0.15) is 26.7 Å². The van der Waals surface area contributed by atoms with Crippen LogP contribution in [0.4, 0.5) is 5.69 Å². The quantitative estimate of drug-likeness (QED) is 0.916. The van der Waals surface area contributed by atoms with Crippen molar-refractivity contribution in [2.24, 2.45) is 0 Å². The molecule has 2 aromatic rings. The first-order chi connectivity index (χ1) is 12.0. The van der Waals surface area contributed by atoms with Crippen molar-refractivity contribution >= 4 is 28.6 Å². The molecule has 134 valence electrons. The molecule has 0 aliphatic carbocycles. The van der Waals surface area contributed by atoms with Gasteiger partial charge in [-0.2, -0.15) is 0 Å². The topological polar surface area (TPSA) is 78.7 Å². The summed E-state index contributed by atoms with van der Waals surface area (Å²) >= 11 is 0. The maximum atomic E-state index is 12.6. The highest BCUT2D eigenvalue weighted by atomic mass is 16.3. The van der Waals surface area contributed by atoms with Gasteiger partial charge in [-0.05, 0) is 25.1 Å². The van der Waals surface area contributed by atoms with Gasteiger partial charge in [0.15, 0.2) is 11.5 Å². The number of carbonyl (C=O) groups excluding carboxylic acids is 2. The molecule has 1 saturated heterocycles. The fraction of sp³-hybridized carbons (Fsp3) is 0.500. The smallest absolute Gasteiger partial charge is 0.244 e. The molecular formula is C18H24N4O3. The molecule has 1 aliphatic rings. The van der Waals surface area contributed by atoms with E-state index in [0.717, 1.165) is 23.2 Å². The van der Waals surface area contributed by atoms with Gasteiger partial charge < -0.3 is 19.5 Å². The van der Waals surface area contributed by atoms with Gasteiger partial charge in [0.05, 0.1) is 0 Å². The number of amides is 2. The molecule has 0 unspecified atom stereocenters. The summed E-state index contributed by atoms with van der Waals surface area (Å²) in [5, 5.41) is 3.24. The SMILES string of the molecule is CCc1nc2cc(N[C@@H](C)C(=O)N3CCN(C(C)=O)CC3)ccc2o1. The van der Waals surface area contributed by atoms with Crippen molar-refractivity contribution in [3.63, 3.8) is 0 Å². The van der Waals surface area contributed by atoms with Crippen LogP contribution < -0.4 is 5.32 Å². The van der Waals surface area contributed by atoms with Crippen LogP contribution in [0.25, 0.3) is 11.1 Å². The van der Waals surface area contributed by atoms with Gasteiger partial charge in [-0.25, -0.2) is 4.98 Å². The fourth-order valence-electron chi connectivity index (χ4n) is 3.04. The number of aromatic nitrogens is 1. The summed E-state index contributed by atoms with van der Waals surface area (Å²) in [6.45, 7) is 7.75. The standard InChI is InChI=1S/C18H24N4O3/c1-4-17-20-15-11-14(5-6-16(15)25-17)19-12(2)18(24)22-9-7-21(8-10-22)13(3)23/h5-6,11-12,19H,4,7-10H2,1-3H3/t12-/m0/s1. The van der Waals surface area contributed by atoms with Gasteiger partial charge in [-0.3, -0.25) is 9.59 Å². The van der Waals surface area contributed by atoms with Crippen molar-refractivity contribution in [2.75, 3.05) is 31.5 Å². The van der Waals surface area contributed by atoms with Crippen LogP contribution >= 0.6 is 0 Å². The average Bonchev–Trinajstić information content (AvgIpc) is 3.03. The Morgan fingerprint density at radius 3 is 2.56 bits per heavy atom. The Labute approximate surface area is 147 Å². The summed E-state index contributed by atoms with van der Waals surface area (Å²) in [6.07, 6.45) is 0.749.